The minimum atomic E-state index is -0.986. The number of aromatic nitrogens is 2. The maximum atomic E-state index is 13.3. The summed E-state index contributed by atoms with van der Waals surface area (Å²) >= 11 is 0. The lowest BCUT2D eigenvalue weighted by atomic mass is 9.88. The number of aryl methyl sites for hydroxylation is 1. The van der Waals surface area contributed by atoms with Crippen molar-refractivity contribution < 1.29 is 14.6 Å². The van der Waals surface area contributed by atoms with E-state index in [2.05, 4.69) is 4.90 Å². The van der Waals surface area contributed by atoms with Crippen LogP contribution in [0.25, 0.3) is 21.9 Å². The fourth-order valence-corrected chi connectivity index (χ4v) is 4.49. The summed E-state index contributed by atoms with van der Waals surface area (Å²) in [6.45, 7) is 1.67. The molecular formula is C23H28N4O4. The molecule has 0 atom stereocenters. The molecule has 0 amide bonds. The van der Waals surface area contributed by atoms with E-state index in [1.807, 2.05) is 45.1 Å². The van der Waals surface area contributed by atoms with Crippen molar-refractivity contribution in [2.75, 3.05) is 38.1 Å². The van der Waals surface area contributed by atoms with Crippen LogP contribution in [0.4, 0.5) is 11.5 Å². The van der Waals surface area contributed by atoms with Crippen LogP contribution in [0.5, 0.6) is 0 Å². The molecule has 1 aromatic carbocycles. The van der Waals surface area contributed by atoms with Gasteiger partial charge in [0.15, 0.2) is 5.43 Å². The molecule has 8 heteroatoms. The second kappa shape index (κ2) is 7.85. The number of benzene rings is 1. The first-order chi connectivity index (χ1) is 14.7. The molecule has 2 aromatic heterocycles. The number of aliphatic carboxylic acids is 1. The van der Waals surface area contributed by atoms with E-state index in [1.54, 1.807) is 23.8 Å². The molecule has 31 heavy (non-hydrogen) atoms. The number of carboxylic acids is 1. The predicted molar refractivity (Wildman–Crippen MR) is 122 cm³/mol. The van der Waals surface area contributed by atoms with Crippen LogP contribution in [0.15, 0.2) is 29.1 Å². The van der Waals surface area contributed by atoms with E-state index >= 15 is 0 Å². The van der Waals surface area contributed by atoms with E-state index in [0.29, 0.717) is 33.8 Å². The van der Waals surface area contributed by atoms with Gasteiger partial charge in [-0.3, -0.25) is 9.59 Å². The van der Waals surface area contributed by atoms with Gasteiger partial charge in [0, 0.05) is 39.7 Å². The molecule has 0 bridgehead atoms. The first-order valence-corrected chi connectivity index (χ1v) is 10.3. The molecule has 0 unspecified atom stereocenters. The molecule has 2 heterocycles. The first-order valence-electron chi connectivity index (χ1n) is 10.3. The lowest BCUT2D eigenvalue weighted by molar-refractivity contribution is -0.137. The molecular weight excluding hydrogens is 396 g/mol. The van der Waals surface area contributed by atoms with Crippen LogP contribution in [-0.4, -0.2) is 61.0 Å². The number of carbonyl (C=O) groups is 1. The van der Waals surface area contributed by atoms with Crippen LogP contribution in [0.3, 0.4) is 0 Å². The topological polar surface area (TPSA) is 87.9 Å². The predicted octanol–water partition coefficient (Wildman–Crippen LogP) is 2.62. The Labute approximate surface area is 180 Å². The normalized spacial score (nSPS) is 18.2. The SMILES string of the molecule is CO[C@H]1C[C@H](N(C)c2ccc3c(=O)c4ccc(C)c(N(C)C)c4n(CC(=O)O)c3n2)C1. The summed E-state index contributed by atoms with van der Waals surface area (Å²) < 4.78 is 7.04. The van der Waals surface area contributed by atoms with Gasteiger partial charge in [0.05, 0.1) is 22.7 Å². The minimum Gasteiger partial charge on any atom is -0.480 e. The number of carboxylic acid groups (broad SMARTS) is 1. The van der Waals surface area contributed by atoms with Gasteiger partial charge in [-0.25, -0.2) is 4.98 Å². The highest BCUT2D eigenvalue weighted by atomic mass is 16.5. The second-order valence-corrected chi connectivity index (χ2v) is 8.47. The maximum Gasteiger partial charge on any atom is 0.323 e. The smallest absolute Gasteiger partial charge is 0.323 e. The summed E-state index contributed by atoms with van der Waals surface area (Å²) in [6, 6.07) is 7.57. The number of fused-ring (bicyclic) bond motifs is 2. The van der Waals surface area contributed by atoms with Crippen LogP contribution in [-0.2, 0) is 16.1 Å². The molecule has 0 radical (unpaired) electrons. The molecule has 8 nitrogen and oxygen atoms in total. The van der Waals surface area contributed by atoms with Gasteiger partial charge in [0.25, 0.3) is 0 Å². The number of nitrogens with zero attached hydrogens (tertiary/aromatic N) is 4. The van der Waals surface area contributed by atoms with Crippen molar-refractivity contribution in [3.63, 3.8) is 0 Å². The van der Waals surface area contributed by atoms with Gasteiger partial charge in [0.2, 0.25) is 0 Å². The van der Waals surface area contributed by atoms with Crippen LogP contribution in [0, 0.1) is 6.92 Å². The summed E-state index contributed by atoms with van der Waals surface area (Å²) in [4.78, 5) is 33.9. The lowest BCUT2D eigenvalue weighted by Gasteiger charge is -2.40. The zero-order valence-corrected chi connectivity index (χ0v) is 18.5. The Bertz CT molecular complexity index is 1230. The van der Waals surface area contributed by atoms with Crippen LogP contribution in [0.1, 0.15) is 18.4 Å². The third-order valence-corrected chi connectivity index (χ3v) is 6.28. The average molecular weight is 425 g/mol. The van der Waals surface area contributed by atoms with Gasteiger partial charge in [0.1, 0.15) is 18.0 Å². The third-order valence-electron chi connectivity index (χ3n) is 6.28. The molecule has 4 rings (SSSR count). The Morgan fingerprint density at radius 3 is 2.48 bits per heavy atom. The molecule has 1 N–H and O–H groups in total. The summed E-state index contributed by atoms with van der Waals surface area (Å²) in [7, 11) is 7.47. The lowest BCUT2D eigenvalue weighted by Crippen LogP contribution is -2.46. The Morgan fingerprint density at radius 1 is 1.19 bits per heavy atom. The molecule has 1 aliphatic carbocycles. The molecule has 1 fully saturated rings. The molecule has 3 aromatic rings. The highest BCUT2D eigenvalue weighted by Crippen LogP contribution is 2.33. The van der Waals surface area contributed by atoms with E-state index in [4.69, 9.17) is 9.72 Å². The number of ether oxygens (including phenoxy) is 1. The number of methoxy groups -OCH3 is 1. The Morgan fingerprint density at radius 2 is 1.87 bits per heavy atom. The number of anilines is 2. The zero-order chi connectivity index (χ0) is 22.4. The molecule has 0 spiro atoms. The fraction of sp³-hybridized carbons (Fsp3) is 0.435. The van der Waals surface area contributed by atoms with Crippen LogP contribution < -0.4 is 15.2 Å². The van der Waals surface area contributed by atoms with Crippen molar-refractivity contribution in [3.05, 3.63) is 40.1 Å². The second-order valence-electron chi connectivity index (χ2n) is 8.47. The van der Waals surface area contributed by atoms with Gasteiger partial charge in [-0.15, -0.1) is 0 Å². The quantitative estimate of drug-likeness (QED) is 0.609. The third kappa shape index (κ3) is 3.50. The standard InChI is InChI=1S/C23H28N4O4/c1-13-6-7-16-21(20(13)25(2)3)27(12-19(28)29)23-17(22(16)30)8-9-18(24-23)26(4)14-10-15(11-14)31-5/h6-9,14-15H,10-12H2,1-5H3,(H,28,29)/t14-,15-. The van der Waals surface area contributed by atoms with Crippen LogP contribution in [0.2, 0.25) is 0 Å². The highest BCUT2D eigenvalue weighted by Gasteiger charge is 2.33. The van der Waals surface area contributed by atoms with E-state index in [1.165, 1.54) is 0 Å². The summed E-state index contributed by atoms with van der Waals surface area (Å²) in [5.74, 6) is -0.274. The van der Waals surface area contributed by atoms with Crippen molar-refractivity contribution in [2.45, 2.75) is 38.5 Å². The number of rotatable bonds is 6. The van der Waals surface area contributed by atoms with Gasteiger partial charge >= 0.3 is 5.97 Å². The highest BCUT2D eigenvalue weighted by molar-refractivity contribution is 6.00. The Hall–Kier alpha value is -3.13. The fourth-order valence-electron chi connectivity index (χ4n) is 4.49. The van der Waals surface area contributed by atoms with Crippen molar-refractivity contribution in [2.24, 2.45) is 0 Å². The van der Waals surface area contributed by atoms with Crippen LogP contribution >= 0.6 is 0 Å². The number of pyridine rings is 2. The van der Waals surface area contributed by atoms with Crippen molar-refractivity contribution in [1.29, 1.82) is 0 Å². The van der Waals surface area contributed by atoms with E-state index < -0.39 is 5.97 Å². The first kappa shape index (κ1) is 21.1. The van der Waals surface area contributed by atoms with Crippen molar-refractivity contribution >= 4 is 39.4 Å². The minimum absolute atomic E-state index is 0.139. The van der Waals surface area contributed by atoms with E-state index in [-0.39, 0.29) is 18.1 Å². The largest absolute Gasteiger partial charge is 0.480 e. The molecule has 164 valence electrons. The Balaban J connectivity index is 1.99. The van der Waals surface area contributed by atoms with Gasteiger partial charge in [-0.2, -0.15) is 0 Å². The molecule has 1 aliphatic rings. The maximum absolute atomic E-state index is 13.3. The molecule has 0 aliphatic heterocycles. The summed E-state index contributed by atoms with van der Waals surface area (Å²) in [5, 5.41) is 10.6. The van der Waals surface area contributed by atoms with E-state index in [9.17, 15) is 14.7 Å². The zero-order valence-electron chi connectivity index (χ0n) is 18.5. The van der Waals surface area contributed by atoms with Gasteiger partial charge < -0.3 is 24.2 Å². The Kier molecular flexibility index (Phi) is 5.35. The van der Waals surface area contributed by atoms with E-state index in [0.717, 1.165) is 24.1 Å². The number of hydrogen-bond donors (Lipinski definition) is 1. The van der Waals surface area contributed by atoms with Crippen molar-refractivity contribution in [3.8, 4) is 0 Å². The molecule has 0 saturated heterocycles. The van der Waals surface area contributed by atoms with Crippen molar-refractivity contribution in [1.82, 2.24) is 9.55 Å². The number of hydrogen-bond acceptors (Lipinski definition) is 6. The monoisotopic (exact) mass is 424 g/mol. The average Bonchev–Trinajstić information content (AvgIpc) is 2.69. The van der Waals surface area contributed by atoms with Gasteiger partial charge in [-0.1, -0.05) is 6.07 Å². The van der Waals surface area contributed by atoms with Gasteiger partial charge in [-0.05, 0) is 43.5 Å². The molecule has 1 saturated carbocycles. The summed E-state index contributed by atoms with van der Waals surface area (Å²) in [5.41, 5.74) is 2.63. The summed E-state index contributed by atoms with van der Waals surface area (Å²) in [6.07, 6.45) is 2.08.